The van der Waals surface area contributed by atoms with Crippen molar-refractivity contribution < 1.29 is 14.2 Å². The van der Waals surface area contributed by atoms with Crippen LogP contribution in [0.4, 0.5) is 10.9 Å². The van der Waals surface area contributed by atoms with Crippen molar-refractivity contribution in [3.8, 4) is 16.6 Å². The lowest BCUT2D eigenvalue weighted by Gasteiger charge is -2.49. The number of nitrogens with zero attached hydrogens (tertiary/aromatic N) is 5. The SMILES string of the molecule is c1cc(-c2cnc(Nc3ccc(CN4CCOCC4)cn3)s2)nc(OC2CC3(CCOCC3)C2)n1. The van der Waals surface area contributed by atoms with Gasteiger partial charge in [-0.3, -0.25) is 4.90 Å². The van der Waals surface area contributed by atoms with Gasteiger partial charge >= 0.3 is 6.01 Å². The Balaban J connectivity index is 1.04. The molecular weight excluding hydrogens is 464 g/mol. The molecule has 1 N–H and O–H groups in total. The number of hydrogen-bond acceptors (Lipinski definition) is 10. The molecule has 3 aliphatic rings. The van der Waals surface area contributed by atoms with E-state index in [4.69, 9.17) is 14.2 Å². The molecule has 1 spiro atoms. The smallest absolute Gasteiger partial charge is 0.317 e. The largest absolute Gasteiger partial charge is 0.460 e. The van der Waals surface area contributed by atoms with Crippen molar-refractivity contribution in [3.63, 3.8) is 0 Å². The second-order valence-electron chi connectivity index (χ2n) is 9.58. The molecule has 0 radical (unpaired) electrons. The molecule has 2 saturated heterocycles. The number of thiazole rings is 1. The van der Waals surface area contributed by atoms with Crippen LogP contribution in [0.15, 0.2) is 36.8 Å². The van der Waals surface area contributed by atoms with Crippen LogP contribution in [0.25, 0.3) is 10.6 Å². The maximum Gasteiger partial charge on any atom is 0.317 e. The molecule has 0 unspecified atom stereocenters. The predicted octanol–water partition coefficient (Wildman–Crippen LogP) is 3.91. The van der Waals surface area contributed by atoms with Crippen LogP contribution in [0.2, 0.25) is 0 Å². The molecule has 3 aromatic rings. The lowest BCUT2D eigenvalue weighted by molar-refractivity contribution is -0.0880. The molecule has 6 rings (SSSR count). The van der Waals surface area contributed by atoms with Gasteiger partial charge in [-0.25, -0.2) is 15.0 Å². The summed E-state index contributed by atoms with van der Waals surface area (Å²) in [6.07, 6.45) is 10.1. The Morgan fingerprint density at radius 2 is 1.83 bits per heavy atom. The van der Waals surface area contributed by atoms with Gasteiger partial charge in [0.2, 0.25) is 0 Å². The van der Waals surface area contributed by atoms with Crippen molar-refractivity contribution in [2.24, 2.45) is 5.41 Å². The van der Waals surface area contributed by atoms with Gasteiger partial charge in [-0.2, -0.15) is 4.98 Å². The summed E-state index contributed by atoms with van der Waals surface area (Å²) < 4.78 is 17.0. The van der Waals surface area contributed by atoms with Crippen molar-refractivity contribution in [1.29, 1.82) is 0 Å². The minimum Gasteiger partial charge on any atom is -0.460 e. The fraction of sp³-hybridized carbons (Fsp3) is 0.520. The van der Waals surface area contributed by atoms with Crippen LogP contribution in [0.1, 0.15) is 31.2 Å². The molecule has 10 heteroatoms. The van der Waals surface area contributed by atoms with Crippen molar-refractivity contribution in [1.82, 2.24) is 24.8 Å². The Morgan fingerprint density at radius 3 is 2.63 bits per heavy atom. The van der Waals surface area contributed by atoms with Crippen LogP contribution in [0, 0.1) is 5.41 Å². The van der Waals surface area contributed by atoms with Crippen LogP contribution in [-0.2, 0) is 16.0 Å². The van der Waals surface area contributed by atoms with E-state index >= 15 is 0 Å². The molecule has 9 nitrogen and oxygen atoms in total. The quantitative estimate of drug-likeness (QED) is 0.525. The fourth-order valence-electron chi connectivity index (χ4n) is 5.06. The summed E-state index contributed by atoms with van der Waals surface area (Å²) >= 11 is 1.53. The normalized spacial score (nSPS) is 20.5. The number of morpholine rings is 1. The Hall–Kier alpha value is -2.66. The number of hydrogen-bond donors (Lipinski definition) is 1. The number of nitrogens with one attached hydrogen (secondary N) is 1. The van der Waals surface area contributed by atoms with Gasteiger partial charge in [0.1, 0.15) is 11.9 Å². The molecule has 2 aliphatic heterocycles. The van der Waals surface area contributed by atoms with Crippen LogP contribution >= 0.6 is 11.3 Å². The first-order valence-electron chi connectivity index (χ1n) is 12.3. The molecule has 1 aliphatic carbocycles. The van der Waals surface area contributed by atoms with Gasteiger partial charge in [-0.05, 0) is 48.8 Å². The third-order valence-electron chi connectivity index (χ3n) is 7.11. The molecular formula is C25H30N6O3S. The van der Waals surface area contributed by atoms with Gasteiger partial charge in [-0.1, -0.05) is 17.4 Å². The summed E-state index contributed by atoms with van der Waals surface area (Å²) in [4.78, 5) is 21.4. The average Bonchev–Trinajstić information content (AvgIpc) is 3.34. The highest BCUT2D eigenvalue weighted by Crippen LogP contribution is 2.49. The van der Waals surface area contributed by atoms with Crippen molar-refractivity contribution >= 4 is 22.3 Å². The second-order valence-corrected chi connectivity index (χ2v) is 10.6. The minimum atomic E-state index is 0.194. The average molecular weight is 495 g/mol. The fourth-order valence-corrected chi connectivity index (χ4v) is 5.85. The van der Waals surface area contributed by atoms with Crippen molar-refractivity contribution in [2.75, 3.05) is 44.8 Å². The lowest BCUT2D eigenvalue weighted by atomic mass is 9.62. The summed E-state index contributed by atoms with van der Waals surface area (Å²) in [5.74, 6) is 0.773. The molecule has 3 aromatic heterocycles. The highest BCUT2D eigenvalue weighted by molar-refractivity contribution is 7.18. The number of rotatable bonds is 7. The van der Waals surface area contributed by atoms with Gasteiger partial charge in [0.15, 0.2) is 5.13 Å². The maximum atomic E-state index is 6.09. The first-order chi connectivity index (χ1) is 17.2. The highest BCUT2D eigenvalue weighted by Gasteiger charge is 2.46. The van der Waals surface area contributed by atoms with E-state index in [9.17, 15) is 0 Å². The van der Waals surface area contributed by atoms with E-state index in [0.29, 0.717) is 11.4 Å². The first kappa shape index (κ1) is 22.8. The summed E-state index contributed by atoms with van der Waals surface area (Å²) in [5, 5.41) is 4.07. The molecule has 3 fully saturated rings. The topological polar surface area (TPSA) is 94.5 Å². The molecule has 0 bridgehead atoms. The van der Waals surface area contributed by atoms with Crippen molar-refractivity contribution in [2.45, 2.75) is 38.3 Å². The summed E-state index contributed by atoms with van der Waals surface area (Å²) in [6.45, 7) is 6.17. The van der Waals surface area contributed by atoms with Gasteiger partial charge in [0.25, 0.3) is 0 Å². The number of aromatic nitrogens is 4. The van der Waals surface area contributed by atoms with Gasteiger partial charge in [0.05, 0.1) is 23.8 Å². The van der Waals surface area contributed by atoms with E-state index in [2.05, 4.69) is 36.2 Å². The van der Waals surface area contributed by atoms with Crippen LogP contribution in [-0.4, -0.2) is 70.5 Å². The molecule has 0 aromatic carbocycles. The van der Waals surface area contributed by atoms with Crippen LogP contribution in [0.5, 0.6) is 6.01 Å². The summed E-state index contributed by atoms with van der Waals surface area (Å²) in [5.41, 5.74) is 2.42. The van der Waals surface area contributed by atoms with Crippen LogP contribution in [0.3, 0.4) is 0 Å². The number of anilines is 2. The van der Waals surface area contributed by atoms with E-state index < -0.39 is 0 Å². The standard InChI is InChI=1S/C25H30N6O3S/c1-2-22(27-15-18(1)17-31-7-11-33-12-8-31)30-24-28-16-21(35-24)20-3-6-26-23(29-20)34-19-13-25(14-19)4-9-32-10-5-25/h1-3,6,15-16,19H,4-5,7-14,17H2,(H,27,28,30). The Bertz CT molecular complexity index is 1120. The monoisotopic (exact) mass is 494 g/mol. The molecule has 0 atom stereocenters. The Kier molecular flexibility index (Phi) is 6.60. The highest BCUT2D eigenvalue weighted by atomic mass is 32.1. The number of pyridine rings is 1. The third kappa shape index (κ3) is 5.45. The maximum absolute atomic E-state index is 6.09. The molecule has 5 heterocycles. The molecule has 0 amide bonds. The predicted molar refractivity (Wildman–Crippen MR) is 133 cm³/mol. The van der Waals surface area contributed by atoms with E-state index in [0.717, 1.165) is 93.3 Å². The van der Waals surface area contributed by atoms with Gasteiger partial charge < -0.3 is 19.5 Å². The van der Waals surface area contributed by atoms with E-state index in [1.165, 1.54) is 16.9 Å². The molecule has 184 valence electrons. The molecule has 35 heavy (non-hydrogen) atoms. The lowest BCUT2D eigenvalue weighted by Crippen LogP contribution is -2.47. The van der Waals surface area contributed by atoms with Gasteiger partial charge in [-0.15, -0.1) is 0 Å². The van der Waals surface area contributed by atoms with E-state index in [-0.39, 0.29) is 6.10 Å². The van der Waals surface area contributed by atoms with Crippen LogP contribution < -0.4 is 10.1 Å². The zero-order chi connectivity index (χ0) is 23.5. The zero-order valence-corrected chi connectivity index (χ0v) is 20.5. The van der Waals surface area contributed by atoms with Gasteiger partial charge in [0, 0.05) is 51.4 Å². The third-order valence-corrected chi connectivity index (χ3v) is 8.04. The summed E-state index contributed by atoms with van der Waals surface area (Å²) in [6, 6.07) is 6.44. The Labute approximate surface area is 208 Å². The zero-order valence-electron chi connectivity index (χ0n) is 19.7. The Morgan fingerprint density at radius 1 is 1.00 bits per heavy atom. The summed E-state index contributed by atoms with van der Waals surface area (Å²) in [7, 11) is 0. The first-order valence-corrected chi connectivity index (χ1v) is 13.1. The van der Waals surface area contributed by atoms with E-state index in [1.54, 1.807) is 6.20 Å². The second kappa shape index (κ2) is 10.1. The molecule has 1 saturated carbocycles. The minimum absolute atomic E-state index is 0.194. The van der Waals surface area contributed by atoms with E-state index in [1.807, 2.05) is 24.5 Å². The van der Waals surface area contributed by atoms with Crippen molar-refractivity contribution in [3.05, 3.63) is 42.4 Å². The number of ether oxygens (including phenoxy) is 3.